The van der Waals surface area contributed by atoms with Gasteiger partial charge in [0.05, 0.1) is 16.9 Å². The quantitative estimate of drug-likeness (QED) is 0.182. The molecule has 1 unspecified atom stereocenters. The molecule has 0 saturated carbocycles. The van der Waals surface area contributed by atoms with Crippen LogP contribution < -0.4 is 14.8 Å². The Balaban J connectivity index is 1.46. The number of nitrogens with one attached hydrogen (secondary N) is 2. The third-order valence-corrected chi connectivity index (χ3v) is 8.72. The lowest BCUT2D eigenvalue weighted by atomic mass is 10.0. The summed E-state index contributed by atoms with van der Waals surface area (Å²) in [6.07, 6.45) is 2.83. The second-order valence-corrected chi connectivity index (χ2v) is 12.5. The summed E-state index contributed by atoms with van der Waals surface area (Å²) in [6, 6.07) is 10.4. The van der Waals surface area contributed by atoms with Gasteiger partial charge in [-0.3, -0.25) is 4.72 Å². The van der Waals surface area contributed by atoms with E-state index in [1.165, 1.54) is 23.2 Å². The molecule has 238 valence electrons. The van der Waals surface area contributed by atoms with Crippen molar-refractivity contribution < 1.29 is 36.2 Å². The van der Waals surface area contributed by atoms with Gasteiger partial charge in [-0.2, -0.15) is 0 Å². The van der Waals surface area contributed by atoms with Crippen LogP contribution in [0.1, 0.15) is 31.7 Å². The maximum atomic E-state index is 15.0. The molecule has 1 aliphatic heterocycles. The zero-order valence-corrected chi connectivity index (χ0v) is 25.2. The van der Waals surface area contributed by atoms with E-state index in [4.69, 9.17) is 4.74 Å². The first-order valence-electron chi connectivity index (χ1n) is 14.2. The summed E-state index contributed by atoms with van der Waals surface area (Å²) < 4.78 is 76.2. The highest BCUT2D eigenvalue weighted by Crippen LogP contribution is 2.40. The molecule has 3 heterocycles. The number of pyridine rings is 1. The number of alkyl halides is 2. The predicted octanol–water partition coefficient (Wildman–Crippen LogP) is 6.27. The first-order valence-corrected chi connectivity index (χ1v) is 15.8. The van der Waals surface area contributed by atoms with Gasteiger partial charge in [-0.05, 0) is 55.7 Å². The second-order valence-electron chi connectivity index (χ2n) is 10.7. The minimum Gasteiger partial charge on any atom is -0.465 e. The van der Waals surface area contributed by atoms with E-state index >= 15 is 0 Å². The van der Waals surface area contributed by atoms with Crippen molar-refractivity contribution in [2.45, 2.75) is 45.1 Å². The standard InChI is InChI=1S/C30H31F3N6O5S/c1-3-30(32,33)17-45(42,43)38-25-20-9-8-18(2)26(21(20)10-11-23(25)31)44-27-22(7-4-13-34-27)24-12-14-35-28(37-24)36-19-6-5-15-39(16-19)29(40)41/h4,7-14,19,38H,3,5-6,15-17H2,1-2H3,(H,40,41)(H,35,36,37). The number of halogens is 3. The number of ether oxygens (including phenoxy) is 1. The normalized spacial score (nSPS) is 15.6. The number of carboxylic acid groups (broad SMARTS) is 1. The monoisotopic (exact) mass is 644 g/mol. The van der Waals surface area contributed by atoms with Gasteiger partial charge in [0.25, 0.3) is 5.92 Å². The third kappa shape index (κ3) is 7.36. The first-order chi connectivity index (χ1) is 21.4. The summed E-state index contributed by atoms with van der Waals surface area (Å²) in [5.74, 6) is -5.24. The van der Waals surface area contributed by atoms with E-state index < -0.39 is 45.7 Å². The summed E-state index contributed by atoms with van der Waals surface area (Å²) in [4.78, 5) is 26.0. The fourth-order valence-corrected chi connectivity index (χ4v) is 6.42. The molecule has 4 aromatic rings. The highest BCUT2D eigenvalue weighted by atomic mass is 32.2. The van der Waals surface area contributed by atoms with Crippen molar-refractivity contribution in [3.8, 4) is 22.9 Å². The summed E-state index contributed by atoms with van der Waals surface area (Å²) in [6.45, 7) is 3.66. The van der Waals surface area contributed by atoms with Crippen LogP contribution in [-0.2, 0) is 10.0 Å². The van der Waals surface area contributed by atoms with Gasteiger partial charge < -0.3 is 20.1 Å². The van der Waals surface area contributed by atoms with Crippen LogP contribution in [0, 0.1) is 12.7 Å². The Morgan fingerprint density at radius 3 is 2.67 bits per heavy atom. The Morgan fingerprint density at radius 2 is 1.91 bits per heavy atom. The number of likely N-dealkylation sites (tertiary alicyclic amines) is 1. The van der Waals surface area contributed by atoms with Crippen molar-refractivity contribution in [2.75, 3.05) is 28.9 Å². The van der Waals surface area contributed by atoms with E-state index in [1.54, 1.807) is 37.4 Å². The second kappa shape index (κ2) is 12.8. The maximum Gasteiger partial charge on any atom is 0.407 e. The highest BCUT2D eigenvalue weighted by molar-refractivity contribution is 7.92. The van der Waals surface area contributed by atoms with Gasteiger partial charge in [-0.1, -0.05) is 19.1 Å². The Kier molecular flexibility index (Phi) is 9.00. The Bertz CT molecular complexity index is 1840. The van der Waals surface area contributed by atoms with Gasteiger partial charge >= 0.3 is 6.09 Å². The lowest BCUT2D eigenvalue weighted by Gasteiger charge is -2.31. The smallest absolute Gasteiger partial charge is 0.407 e. The lowest BCUT2D eigenvalue weighted by molar-refractivity contribution is 0.0219. The largest absolute Gasteiger partial charge is 0.465 e. The van der Waals surface area contributed by atoms with Gasteiger partial charge in [0.15, 0.2) is 0 Å². The van der Waals surface area contributed by atoms with Crippen LogP contribution in [0.5, 0.6) is 11.6 Å². The number of aromatic nitrogens is 3. The minimum absolute atomic E-state index is 0.105. The van der Waals surface area contributed by atoms with Crippen LogP contribution in [0.2, 0.25) is 0 Å². The number of aryl methyl sites for hydroxylation is 1. The van der Waals surface area contributed by atoms with Gasteiger partial charge in [0.1, 0.15) is 17.3 Å². The van der Waals surface area contributed by atoms with Crippen molar-refractivity contribution in [1.29, 1.82) is 0 Å². The molecule has 3 N–H and O–H groups in total. The van der Waals surface area contributed by atoms with Gasteiger partial charge in [0, 0.05) is 48.7 Å². The molecule has 0 aliphatic carbocycles. The predicted molar refractivity (Wildman–Crippen MR) is 163 cm³/mol. The Hall–Kier alpha value is -4.66. The van der Waals surface area contributed by atoms with Crippen molar-refractivity contribution in [3.05, 3.63) is 66.2 Å². The number of benzene rings is 2. The zero-order chi connectivity index (χ0) is 32.4. The van der Waals surface area contributed by atoms with Crippen LogP contribution in [0.25, 0.3) is 22.0 Å². The molecule has 45 heavy (non-hydrogen) atoms. The van der Waals surface area contributed by atoms with Gasteiger partial charge in [-0.15, -0.1) is 0 Å². The fraction of sp³-hybridized carbons (Fsp3) is 0.333. The summed E-state index contributed by atoms with van der Waals surface area (Å²) in [7, 11) is -4.61. The maximum absolute atomic E-state index is 15.0. The van der Waals surface area contributed by atoms with Crippen LogP contribution in [0.15, 0.2) is 54.9 Å². The molecule has 0 radical (unpaired) electrons. The fourth-order valence-electron chi connectivity index (χ4n) is 5.06. The van der Waals surface area contributed by atoms with E-state index in [2.05, 4.69) is 20.3 Å². The molecule has 1 aliphatic rings. The molecule has 1 fully saturated rings. The highest BCUT2D eigenvalue weighted by Gasteiger charge is 2.34. The molecule has 15 heteroatoms. The van der Waals surface area contributed by atoms with Crippen LogP contribution in [-0.4, -0.2) is 70.3 Å². The molecule has 1 saturated heterocycles. The molecule has 2 aromatic heterocycles. The SMILES string of the molecule is CCC(F)(F)CS(=O)(=O)Nc1c(F)ccc2c(Oc3ncccc3-c3ccnc(NC4CCCN(C(=O)O)C4)n3)c(C)ccc12. The number of carbonyl (C=O) groups is 1. The molecule has 0 bridgehead atoms. The molecule has 11 nitrogen and oxygen atoms in total. The van der Waals surface area contributed by atoms with Crippen molar-refractivity contribution in [2.24, 2.45) is 0 Å². The summed E-state index contributed by atoms with van der Waals surface area (Å²) >= 11 is 0. The number of rotatable bonds is 10. The van der Waals surface area contributed by atoms with Gasteiger partial charge in [0.2, 0.25) is 21.9 Å². The van der Waals surface area contributed by atoms with E-state index in [0.29, 0.717) is 47.7 Å². The number of fused-ring (bicyclic) bond motifs is 1. The number of hydrogen-bond acceptors (Lipinski definition) is 8. The number of sulfonamides is 1. The van der Waals surface area contributed by atoms with E-state index in [1.807, 2.05) is 4.72 Å². The lowest BCUT2D eigenvalue weighted by Crippen LogP contribution is -2.44. The summed E-state index contributed by atoms with van der Waals surface area (Å²) in [5, 5.41) is 13.0. The number of hydrogen-bond donors (Lipinski definition) is 3. The molecule has 2 aromatic carbocycles. The average Bonchev–Trinajstić information content (AvgIpc) is 3.00. The zero-order valence-electron chi connectivity index (χ0n) is 24.4. The number of anilines is 2. The molecule has 1 amide bonds. The van der Waals surface area contributed by atoms with Crippen molar-refractivity contribution in [3.63, 3.8) is 0 Å². The van der Waals surface area contributed by atoms with E-state index in [9.17, 15) is 31.5 Å². The first kappa shape index (κ1) is 31.8. The molecular formula is C30H31F3N6O5S. The number of nitrogens with zero attached hydrogens (tertiary/aromatic N) is 4. The van der Waals surface area contributed by atoms with Gasteiger partial charge in [-0.25, -0.2) is 41.3 Å². The van der Waals surface area contributed by atoms with Crippen LogP contribution >= 0.6 is 0 Å². The number of piperidine rings is 1. The Labute approximate surface area is 257 Å². The number of amides is 1. The summed E-state index contributed by atoms with van der Waals surface area (Å²) in [5.41, 5.74) is 1.08. The van der Waals surface area contributed by atoms with Crippen LogP contribution in [0.3, 0.4) is 0 Å². The molecular weight excluding hydrogens is 613 g/mol. The van der Waals surface area contributed by atoms with Crippen molar-refractivity contribution in [1.82, 2.24) is 19.9 Å². The topological polar surface area (TPSA) is 147 Å². The van der Waals surface area contributed by atoms with Crippen LogP contribution in [0.4, 0.5) is 29.6 Å². The molecule has 1 atom stereocenters. The van der Waals surface area contributed by atoms with Crippen molar-refractivity contribution >= 4 is 38.5 Å². The molecule has 5 rings (SSSR count). The van der Waals surface area contributed by atoms with E-state index in [0.717, 1.165) is 19.4 Å². The Morgan fingerprint density at radius 1 is 1.13 bits per heavy atom. The molecule has 0 spiro atoms. The average molecular weight is 645 g/mol. The van der Waals surface area contributed by atoms with E-state index in [-0.39, 0.29) is 23.1 Å². The third-order valence-electron chi connectivity index (χ3n) is 7.40. The minimum atomic E-state index is -4.61.